The van der Waals surface area contributed by atoms with Crippen molar-refractivity contribution < 1.29 is 14.2 Å². The number of carbonyl (C=O) groups is 1. The third kappa shape index (κ3) is 3.55. The molecule has 0 saturated carbocycles. The summed E-state index contributed by atoms with van der Waals surface area (Å²) < 4.78 is 5.56. The molecule has 0 saturated heterocycles. The largest absolute Gasteiger partial charge is 0.442 e. The van der Waals surface area contributed by atoms with Crippen molar-refractivity contribution in [1.29, 1.82) is 0 Å². The molecule has 22 heavy (non-hydrogen) atoms. The van der Waals surface area contributed by atoms with E-state index in [1.54, 1.807) is 6.07 Å². The molecular formula is C18H21O3P. The molecule has 2 aromatic rings. The monoisotopic (exact) mass is 316 g/mol. The average Bonchev–Trinajstić information content (AvgIpc) is 2.46. The van der Waals surface area contributed by atoms with Gasteiger partial charge < -0.3 is 9.42 Å². The number of rotatable bonds is 5. The topological polar surface area (TPSA) is 46.5 Å². The van der Waals surface area contributed by atoms with Crippen LogP contribution in [0.15, 0.2) is 36.4 Å². The minimum Gasteiger partial charge on any atom is -0.442 e. The molecule has 0 bridgehead atoms. The summed E-state index contributed by atoms with van der Waals surface area (Å²) in [4.78, 5) is 22.8. The fourth-order valence-electron chi connectivity index (χ4n) is 2.63. The van der Waals surface area contributed by atoms with Gasteiger partial charge in [0.1, 0.15) is 5.75 Å². The van der Waals surface area contributed by atoms with E-state index in [-0.39, 0.29) is 5.52 Å². The maximum Gasteiger partial charge on any atom is 0.306 e. The molecule has 4 heteroatoms. The SMILES string of the molecule is CCc1ccccc1OP(O)C(=O)c1c(C)cc(C)cc1C. The standard InChI is InChI=1S/C18H21O3P/c1-5-15-8-6-7-9-16(15)21-22(20)18(19)17-13(3)10-12(2)11-14(17)4/h6-11,20H,5H2,1-4H3. The van der Waals surface area contributed by atoms with Gasteiger partial charge in [0.25, 0.3) is 5.52 Å². The van der Waals surface area contributed by atoms with Gasteiger partial charge in [-0.05, 0) is 49.9 Å². The molecule has 2 aromatic carbocycles. The van der Waals surface area contributed by atoms with Gasteiger partial charge in [0.2, 0.25) is 0 Å². The highest BCUT2D eigenvalue weighted by atomic mass is 31.2. The number of hydrogen-bond donors (Lipinski definition) is 1. The highest BCUT2D eigenvalue weighted by molar-refractivity contribution is 7.66. The van der Waals surface area contributed by atoms with Crippen LogP contribution in [-0.2, 0) is 6.42 Å². The zero-order valence-electron chi connectivity index (χ0n) is 13.4. The molecule has 0 spiro atoms. The zero-order valence-corrected chi connectivity index (χ0v) is 14.3. The van der Waals surface area contributed by atoms with E-state index in [4.69, 9.17) is 4.52 Å². The lowest BCUT2D eigenvalue weighted by atomic mass is 10.0. The number of carbonyl (C=O) groups excluding carboxylic acids is 1. The van der Waals surface area contributed by atoms with E-state index in [2.05, 4.69) is 0 Å². The van der Waals surface area contributed by atoms with Gasteiger partial charge in [-0.15, -0.1) is 0 Å². The van der Waals surface area contributed by atoms with E-state index < -0.39 is 8.38 Å². The number of hydrogen-bond acceptors (Lipinski definition) is 3. The lowest BCUT2D eigenvalue weighted by Gasteiger charge is -2.16. The van der Waals surface area contributed by atoms with Crippen LogP contribution in [0.3, 0.4) is 0 Å². The molecule has 1 unspecified atom stereocenters. The van der Waals surface area contributed by atoms with Crippen molar-refractivity contribution in [3.63, 3.8) is 0 Å². The van der Waals surface area contributed by atoms with Crippen molar-refractivity contribution in [2.75, 3.05) is 0 Å². The summed E-state index contributed by atoms with van der Waals surface area (Å²) in [6, 6.07) is 11.4. The lowest BCUT2D eigenvalue weighted by molar-refractivity contribution is 0.106. The van der Waals surface area contributed by atoms with E-state index in [9.17, 15) is 9.69 Å². The Hall–Kier alpha value is -1.70. The van der Waals surface area contributed by atoms with Crippen LogP contribution < -0.4 is 4.52 Å². The first-order valence-corrected chi connectivity index (χ1v) is 8.52. The Morgan fingerprint density at radius 1 is 1.14 bits per heavy atom. The zero-order chi connectivity index (χ0) is 16.3. The maximum absolute atomic E-state index is 12.6. The summed E-state index contributed by atoms with van der Waals surface area (Å²) in [5.41, 5.74) is 4.05. The molecule has 1 N–H and O–H groups in total. The van der Waals surface area contributed by atoms with Crippen molar-refractivity contribution in [3.05, 3.63) is 64.2 Å². The molecule has 2 rings (SSSR count). The molecule has 116 valence electrons. The van der Waals surface area contributed by atoms with E-state index in [0.29, 0.717) is 11.3 Å². The molecule has 1 atom stereocenters. The first kappa shape index (κ1) is 16.7. The smallest absolute Gasteiger partial charge is 0.306 e. The number of aryl methyl sites for hydroxylation is 4. The first-order valence-electron chi connectivity index (χ1n) is 7.31. The first-order chi connectivity index (χ1) is 10.4. The van der Waals surface area contributed by atoms with Gasteiger partial charge in [0.05, 0.1) is 0 Å². The quantitative estimate of drug-likeness (QED) is 0.813. The molecule has 0 aliphatic carbocycles. The van der Waals surface area contributed by atoms with Gasteiger partial charge in [0.15, 0.2) is 0 Å². The van der Waals surface area contributed by atoms with E-state index in [1.165, 1.54) is 0 Å². The Morgan fingerprint density at radius 3 is 2.32 bits per heavy atom. The van der Waals surface area contributed by atoms with Gasteiger partial charge in [-0.25, -0.2) is 0 Å². The van der Waals surface area contributed by atoms with E-state index in [1.807, 2.05) is 58.0 Å². The summed E-state index contributed by atoms with van der Waals surface area (Å²) >= 11 is 0. The van der Waals surface area contributed by atoms with Crippen LogP contribution in [0, 0.1) is 20.8 Å². The van der Waals surface area contributed by atoms with Crippen molar-refractivity contribution in [2.24, 2.45) is 0 Å². The van der Waals surface area contributed by atoms with Crippen molar-refractivity contribution in [1.82, 2.24) is 0 Å². The molecule has 0 heterocycles. The van der Waals surface area contributed by atoms with Crippen LogP contribution in [0.5, 0.6) is 5.75 Å². The Labute approximate surface area is 132 Å². The van der Waals surface area contributed by atoms with Crippen LogP contribution in [0.4, 0.5) is 0 Å². The number of para-hydroxylation sites is 1. The molecule has 0 aliphatic heterocycles. The van der Waals surface area contributed by atoms with Crippen molar-refractivity contribution >= 4 is 13.9 Å². The molecule has 3 nitrogen and oxygen atoms in total. The summed E-state index contributed by atoms with van der Waals surface area (Å²) in [6.07, 6.45) is 0.788. The van der Waals surface area contributed by atoms with Crippen LogP contribution in [0.25, 0.3) is 0 Å². The Balaban J connectivity index is 2.27. The lowest BCUT2D eigenvalue weighted by Crippen LogP contribution is -2.07. The minimum atomic E-state index is -2.20. The van der Waals surface area contributed by atoms with E-state index in [0.717, 1.165) is 28.7 Å². The van der Waals surface area contributed by atoms with Crippen molar-refractivity contribution in [2.45, 2.75) is 34.1 Å². The van der Waals surface area contributed by atoms with E-state index >= 15 is 0 Å². The van der Waals surface area contributed by atoms with Gasteiger partial charge in [-0.2, -0.15) is 0 Å². The second-order valence-electron chi connectivity index (χ2n) is 5.40. The maximum atomic E-state index is 12.6. The van der Waals surface area contributed by atoms with Crippen LogP contribution in [0.2, 0.25) is 0 Å². The van der Waals surface area contributed by atoms with Crippen LogP contribution in [-0.4, -0.2) is 10.4 Å². The molecule has 0 radical (unpaired) electrons. The summed E-state index contributed by atoms with van der Waals surface area (Å²) in [6.45, 7) is 7.77. The van der Waals surface area contributed by atoms with Crippen molar-refractivity contribution in [3.8, 4) is 5.75 Å². The van der Waals surface area contributed by atoms with Gasteiger partial charge in [-0.3, -0.25) is 4.79 Å². The fourth-order valence-corrected chi connectivity index (χ4v) is 3.62. The highest BCUT2D eigenvalue weighted by Gasteiger charge is 2.25. The molecular weight excluding hydrogens is 295 g/mol. The summed E-state index contributed by atoms with van der Waals surface area (Å²) in [5, 5.41) is 0. The fraction of sp³-hybridized carbons (Fsp3) is 0.278. The van der Waals surface area contributed by atoms with Gasteiger partial charge >= 0.3 is 8.38 Å². The highest BCUT2D eigenvalue weighted by Crippen LogP contribution is 2.40. The summed E-state index contributed by atoms with van der Waals surface area (Å²) in [7, 11) is -2.20. The predicted molar refractivity (Wildman–Crippen MR) is 90.6 cm³/mol. The minimum absolute atomic E-state index is 0.337. The third-order valence-electron chi connectivity index (χ3n) is 3.60. The second-order valence-corrected chi connectivity index (χ2v) is 6.54. The Kier molecular flexibility index (Phi) is 5.33. The molecule has 0 fully saturated rings. The second kappa shape index (κ2) is 7.04. The molecule has 0 aromatic heterocycles. The normalized spacial score (nSPS) is 12.0. The van der Waals surface area contributed by atoms with Crippen LogP contribution >= 0.6 is 8.38 Å². The Bertz CT molecular complexity index is 671. The predicted octanol–water partition coefficient (Wildman–Crippen LogP) is 4.70. The summed E-state index contributed by atoms with van der Waals surface area (Å²) in [5.74, 6) is 0.578. The van der Waals surface area contributed by atoms with Gasteiger partial charge in [0, 0.05) is 5.56 Å². The third-order valence-corrected chi connectivity index (χ3v) is 4.54. The average molecular weight is 316 g/mol. The molecule has 0 aliphatic rings. The number of benzene rings is 2. The molecule has 0 amide bonds. The van der Waals surface area contributed by atoms with Gasteiger partial charge in [-0.1, -0.05) is 42.8 Å². The van der Waals surface area contributed by atoms with Crippen LogP contribution in [0.1, 0.15) is 39.5 Å². The Morgan fingerprint density at radius 2 is 1.73 bits per heavy atom.